The molecule has 1 aliphatic carbocycles. The van der Waals surface area contributed by atoms with Crippen LogP contribution in [-0.4, -0.2) is 23.8 Å². The number of nitrogens with zero attached hydrogens (tertiary/aromatic N) is 1. The van der Waals surface area contributed by atoms with Gasteiger partial charge in [0.15, 0.2) is 5.78 Å². The number of ketones is 1. The van der Waals surface area contributed by atoms with Gasteiger partial charge in [-0.25, -0.2) is 0 Å². The van der Waals surface area contributed by atoms with E-state index >= 15 is 0 Å². The zero-order valence-electron chi connectivity index (χ0n) is 10.1. The maximum absolute atomic E-state index is 11.9. The van der Waals surface area contributed by atoms with Crippen LogP contribution in [0.3, 0.4) is 0 Å². The van der Waals surface area contributed by atoms with Gasteiger partial charge in [-0.3, -0.25) is 4.79 Å². The summed E-state index contributed by atoms with van der Waals surface area (Å²) in [6, 6.07) is 0. The summed E-state index contributed by atoms with van der Waals surface area (Å²) in [4.78, 5) is 14.3. The van der Waals surface area contributed by atoms with Crippen molar-refractivity contribution in [1.82, 2.24) is 4.90 Å². The Hall–Kier alpha value is -0.790. The standard InChI is InChI=1S/C13H21NO/c1-10-11(14-6-4-5-7-14)8-13(2,3)9-12(10)15/h4-9H2,1-3H3. The van der Waals surface area contributed by atoms with E-state index in [-0.39, 0.29) is 5.41 Å². The van der Waals surface area contributed by atoms with Crippen LogP contribution in [0.5, 0.6) is 0 Å². The van der Waals surface area contributed by atoms with E-state index < -0.39 is 0 Å². The first-order valence-corrected chi connectivity index (χ1v) is 5.97. The smallest absolute Gasteiger partial charge is 0.160 e. The number of likely N-dealkylation sites (tertiary alicyclic amines) is 1. The molecule has 1 saturated heterocycles. The molecule has 0 amide bonds. The van der Waals surface area contributed by atoms with Crippen molar-refractivity contribution >= 4 is 5.78 Å². The highest BCUT2D eigenvalue weighted by Crippen LogP contribution is 2.38. The van der Waals surface area contributed by atoms with E-state index in [1.165, 1.54) is 18.5 Å². The predicted molar refractivity (Wildman–Crippen MR) is 61.5 cm³/mol. The lowest BCUT2D eigenvalue weighted by Crippen LogP contribution is -2.32. The van der Waals surface area contributed by atoms with Gasteiger partial charge in [-0.15, -0.1) is 0 Å². The van der Waals surface area contributed by atoms with Gasteiger partial charge in [0.2, 0.25) is 0 Å². The first kappa shape index (κ1) is 10.7. The van der Waals surface area contributed by atoms with Crippen LogP contribution in [0.25, 0.3) is 0 Å². The van der Waals surface area contributed by atoms with E-state index in [4.69, 9.17) is 0 Å². The van der Waals surface area contributed by atoms with Crippen molar-refractivity contribution in [1.29, 1.82) is 0 Å². The van der Waals surface area contributed by atoms with Crippen LogP contribution in [-0.2, 0) is 4.79 Å². The Kier molecular flexibility index (Phi) is 2.61. The summed E-state index contributed by atoms with van der Waals surface area (Å²) in [6.07, 6.45) is 4.36. The van der Waals surface area contributed by atoms with Crippen molar-refractivity contribution < 1.29 is 4.79 Å². The number of Topliss-reactive ketones (excluding diaryl/α,β-unsaturated/α-hetero) is 1. The topological polar surface area (TPSA) is 20.3 Å². The Morgan fingerprint density at radius 3 is 2.33 bits per heavy atom. The summed E-state index contributed by atoms with van der Waals surface area (Å²) in [5.74, 6) is 0.355. The summed E-state index contributed by atoms with van der Waals surface area (Å²) in [5.41, 5.74) is 2.51. The number of hydrogen-bond donors (Lipinski definition) is 0. The number of allylic oxidation sites excluding steroid dienone is 2. The molecule has 2 aliphatic rings. The lowest BCUT2D eigenvalue weighted by atomic mass is 9.76. The largest absolute Gasteiger partial charge is 0.374 e. The molecule has 0 radical (unpaired) electrons. The second-order valence-electron chi connectivity index (χ2n) is 5.71. The fourth-order valence-electron chi connectivity index (χ4n) is 2.71. The quantitative estimate of drug-likeness (QED) is 0.659. The molecule has 2 nitrogen and oxygen atoms in total. The van der Waals surface area contributed by atoms with Gasteiger partial charge in [0, 0.05) is 30.8 Å². The SMILES string of the molecule is CC1=C(N2CCCC2)CC(C)(C)CC1=O. The van der Waals surface area contributed by atoms with E-state index in [9.17, 15) is 4.79 Å². The van der Waals surface area contributed by atoms with Gasteiger partial charge < -0.3 is 4.90 Å². The molecule has 0 aromatic heterocycles. The van der Waals surface area contributed by atoms with Crippen molar-refractivity contribution in [2.45, 2.75) is 46.5 Å². The van der Waals surface area contributed by atoms with E-state index in [0.29, 0.717) is 5.78 Å². The molecule has 2 rings (SSSR count). The molecule has 0 aromatic carbocycles. The lowest BCUT2D eigenvalue weighted by molar-refractivity contribution is -0.118. The van der Waals surface area contributed by atoms with Crippen LogP contribution < -0.4 is 0 Å². The van der Waals surface area contributed by atoms with E-state index in [1.54, 1.807) is 0 Å². The van der Waals surface area contributed by atoms with Crippen LogP contribution in [0.2, 0.25) is 0 Å². The summed E-state index contributed by atoms with van der Waals surface area (Å²) >= 11 is 0. The number of carbonyl (C=O) groups excluding carboxylic acids is 1. The van der Waals surface area contributed by atoms with Gasteiger partial charge in [0.1, 0.15) is 0 Å². The van der Waals surface area contributed by atoms with Crippen molar-refractivity contribution in [2.24, 2.45) is 5.41 Å². The van der Waals surface area contributed by atoms with E-state index in [2.05, 4.69) is 18.7 Å². The molecule has 0 N–H and O–H groups in total. The first-order chi connectivity index (χ1) is 6.99. The average molecular weight is 207 g/mol. The molecule has 0 aromatic rings. The highest BCUT2D eigenvalue weighted by molar-refractivity contribution is 5.96. The Balaban J connectivity index is 2.26. The van der Waals surface area contributed by atoms with Crippen LogP contribution in [0.1, 0.15) is 46.5 Å². The van der Waals surface area contributed by atoms with Crippen LogP contribution in [0.4, 0.5) is 0 Å². The van der Waals surface area contributed by atoms with Crippen molar-refractivity contribution in [2.75, 3.05) is 13.1 Å². The minimum Gasteiger partial charge on any atom is -0.374 e. The maximum Gasteiger partial charge on any atom is 0.160 e. The second kappa shape index (κ2) is 3.66. The van der Waals surface area contributed by atoms with Crippen LogP contribution >= 0.6 is 0 Å². The third-order valence-electron chi connectivity index (χ3n) is 3.62. The molecule has 1 aliphatic heterocycles. The van der Waals surface area contributed by atoms with E-state index in [0.717, 1.165) is 31.5 Å². The third kappa shape index (κ3) is 2.09. The molecule has 84 valence electrons. The van der Waals surface area contributed by atoms with Gasteiger partial charge in [0.05, 0.1) is 0 Å². The minimum atomic E-state index is 0.161. The van der Waals surface area contributed by atoms with Crippen LogP contribution in [0.15, 0.2) is 11.3 Å². The van der Waals surface area contributed by atoms with Crippen molar-refractivity contribution in [3.63, 3.8) is 0 Å². The Bertz CT molecular complexity index is 308. The summed E-state index contributed by atoms with van der Waals surface area (Å²) < 4.78 is 0. The zero-order valence-corrected chi connectivity index (χ0v) is 10.1. The zero-order chi connectivity index (χ0) is 11.1. The highest BCUT2D eigenvalue weighted by atomic mass is 16.1. The van der Waals surface area contributed by atoms with E-state index in [1.807, 2.05) is 6.92 Å². The Morgan fingerprint density at radius 2 is 1.73 bits per heavy atom. The molecule has 1 fully saturated rings. The van der Waals surface area contributed by atoms with Crippen molar-refractivity contribution in [3.05, 3.63) is 11.3 Å². The van der Waals surface area contributed by atoms with Gasteiger partial charge in [-0.1, -0.05) is 13.8 Å². The molecule has 0 saturated carbocycles. The fourth-order valence-corrected chi connectivity index (χ4v) is 2.71. The Labute approximate surface area is 92.3 Å². The second-order valence-corrected chi connectivity index (χ2v) is 5.71. The molecule has 1 heterocycles. The number of hydrogen-bond acceptors (Lipinski definition) is 2. The lowest BCUT2D eigenvalue weighted by Gasteiger charge is -2.35. The van der Waals surface area contributed by atoms with Gasteiger partial charge in [0.25, 0.3) is 0 Å². The maximum atomic E-state index is 11.9. The molecule has 15 heavy (non-hydrogen) atoms. The number of carbonyl (C=O) groups is 1. The monoisotopic (exact) mass is 207 g/mol. The summed E-state index contributed by atoms with van der Waals surface area (Å²) in [6.45, 7) is 8.71. The van der Waals surface area contributed by atoms with Gasteiger partial charge in [-0.2, -0.15) is 0 Å². The summed E-state index contributed by atoms with van der Waals surface area (Å²) in [7, 11) is 0. The summed E-state index contributed by atoms with van der Waals surface area (Å²) in [5, 5.41) is 0. The molecule has 0 bridgehead atoms. The molecular weight excluding hydrogens is 186 g/mol. The van der Waals surface area contributed by atoms with Gasteiger partial charge >= 0.3 is 0 Å². The average Bonchev–Trinajstić information content (AvgIpc) is 2.63. The molecule has 0 atom stereocenters. The molecule has 0 unspecified atom stereocenters. The predicted octanol–water partition coefficient (Wildman–Crippen LogP) is 2.75. The fraction of sp³-hybridized carbons (Fsp3) is 0.769. The first-order valence-electron chi connectivity index (χ1n) is 5.97. The Morgan fingerprint density at radius 1 is 1.13 bits per heavy atom. The normalized spacial score (nSPS) is 26.3. The molecule has 0 spiro atoms. The third-order valence-corrected chi connectivity index (χ3v) is 3.62. The highest BCUT2D eigenvalue weighted by Gasteiger charge is 2.33. The van der Waals surface area contributed by atoms with Gasteiger partial charge in [-0.05, 0) is 31.6 Å². The van der Waals surface area contributed by atoms with Crippen molar-refractivity contribution in [3.8, 4) is 0 Å². The molecule has 2 heteroatoms. The minimum absolute atomic E-state index is 0.161. The van der Waals surface area contributed by atoms with Crippen LogP contribution in [0, 0.1) is 5.41 Å². The number of rotatable bonds is 1. The molecular formula is C13H21NO.